The van der Waals surface area contributed by atoms with Gasteiger partial charge in [-0.1, -0.05) is 0 Å². The Balaban J connectivity index is 2.86. The summed E-state index contributed by atoms with van der Waals surface area (Å²) in [6.45, 7) is 1.62. The minimum Gasteiger partial charge on any atom is -0.468 e. The first-order valence-electron chi connectivity index (χ1n) is 7.73. The highest BCUT2D eigenvalue weighted by molar-refractivity contribution is 6.07. The van der Waals surface area contributed by atoms with Crippen LogP contribution in [0, 0.1) is 5.92 Å². The van der Waals surface area contributed by atoms with E-state index in [4.69, 9.17) is 23.7 Å². The first-order valence-corrected chi connectivity index (χ1v) is 7.73. The molecule has 0 N–H and O–H groups in total. The molecule has 10 nitrogen and oxygen atoms in total. The highest BCUT2D eigenvalue weighted by Crippen LogP contribution is 2.38. The average Bonchev–Trinajstić information content (AvgIpc) is 2.96. The first-order chi connectivity index (χ1) is 12.8. The summed E-state index contributed by atoms with van der Waals surface area (Å²) in [4.78, 5) is 51.3. The lowest BCUT2D eigenvalue weighted by molar-refractivity contribution is -0.157. The summed E-state index contributed by atoms with van der Waals surface area (Å²) in [5, 5.41) is 0. The third-order valence-corrected chi connectivity index (χ3v) is 4.14. The minimum atomic E-state index is -1.54. The number of carbonyl (C=O) groups is 4. The smallest absolute Gasteiger partial charge is 0.338 e. The van der Waals surface area contributed by atoms with E-state index in [0.29, 0.717) is 5.70 Å². The highest BCUT2D eigenvalue weighted by Gasteiger charge is 2.51. The Hall–Kier alpha value is -3.30. The third-order valence-electron chi connectivity index (χ3n) is 4.14. The van der Waals surface area contributed by atoms with Crippen molar-refractivity contribution < 1.29 is 42.9 Å². The number of carbonyl (C=O) groups excluding carboxylic acids is 4. The van der Waals surface area contributed by atoms with Crippen molar-refractivity contribution in [3.8, 4) is 0 Å². The number of ether oxygens (including phenoxy) is 5. The van der Waals surface area contributed by atoms with Gasteiger partial charge in [-0.15, -0.1) is 0 Å². The van der Waals surface area contributed by atoms with Gasteiger partial charge in [0.05, 0.1) is 45.3 Å². The normalized spacial score (nSPS) is 21.1. The number of hydrogen-bond donors (Lipinski definition) is 0. The molecule has 0 aromatic rings. The van der Waals surface area contributed by atoms with Crippen molar-refractivity contribution in [2.45, 2.75) is 13.0 Å². The summed E-state index contributed by atoms with van der Waals surface area (Å²) in [6.07, 6.45) is 2.53. The first kappa shape index (κ1) is 20.0. The van der Waals surface area contributed by atoms with Gasteiger partial charge in [0.15, 0.2) is 6.04 Å². The predicted octanol–water partition coefficient (Wildman–Crippen LogP) is 0.00830. The number of fused-ring (bicyclic) bond motifs is 1. The monoisotopic (exact) mass is 381 g/mol. The molecule has 146 valence electrons. The second-order valence-electron chi connectivity index (χ2n) is 5.51. The molecule has 0 saturated carbocycles. The zero-order valence-corrected chi connectivity index (χ0v) is 15.4. The fraction of sp³-hybridized carbons (Fsp3) is 0.412. The summed E-state index contributed by atoms with van der Waals surface area (Å²) in [6, 6.07) is -1.37. The molecule has 27 heavy (non-hydrogen) atoms. The number of allylic oxidation sites excluding steroid dienone is 1. The molecule has 10 heteroatoms. The van der Waals surface area contributed by atoms with E-state index in [2.05, 4.69) is 0 Å². The van der Waals surface area contributed by atoms with Gasteiger partial charge in [0.25, 0.3) is 0 Å². The molecule has 0 aromatic carbocycles. The summed E-state index contributed by atoms with van der Waals surface area (Å²) in [7, 11) is 4.40. The van der Waals surface area contributed by atoms with Gasteiger partial charge in [-0.2, -0.15) is 0 Å². The van der Waals surface area contributed by atoms with Crippen molar-refractivity contribution in [2.75, 3.05) is 28.4 Å². The van der Waals surface area contributed by atoms with Crippen LogP contribution in [-0.2, 0) is 42.9 Å². The molecule has 0 amide bonds. The van der Waals surface area contributed by atoms with Gasteiger partial charge < -0.3 is 23.7 Å². The molecule has 0 aromatic heterocycles. The zero-order chi connectivity index (χ0) is 20.3. The Labute approximate surface area is 154 Å². The Morgan fingerprint density at radius 1 is 0.926 bits per heavy atom. The van der Waals surface area contributed by atoms with Crippen LogP contribution in [0.1, 0.15) is 6.92 Å². The van der Waals surface area contributed by atoms with E-state index in [1.165, 1.54) is 17.2 Å². The number of esters is 4. The Kier molecular flexibility index (Phi) is 5.88. The van der Waals surface area contributed by atoms with Crippen molar-refractivity contribution in [2.24, 2.45) is 5.92 Å². The van der Waals surface area contributed by atoms with E-state index < -0.39 is 41.4 Å². The van der Waals surface area contributed by atoms with Crippen LogP contribution in [0.3, 0.4) is 0 Å². The Morgan fingerprint density at radius 2 is 1.52 bits per heavy atom. The zero-order valence-electron chi connectivity index (χ0n) is 15.4. The maximum Gasteiger partial charge on any atom is 0.338 e. The topological polar surface area (TPSA) is 118 Å². The van der Waals surface area contributed by atoms with E-state index in [1.54, 1.807) is 6.92 Å². The van der Waals surface area contributed by atoms with Gasteiger partial charge in [-0.05, 0) is 6.92 Å². The molecule has 0 bridgehead atoms. The van der Waals surface area contributed by atoms with Gasteiger partial charge in [-0.3, -0.25) is 9.69 Å². The molecule has 0 radical (unpaired) electrons. The maximum atomic E-state index is 12.6. The standard InChI is InChI=1S/C17H19NO9/c1-8-7-27-10-6-9(14(19)23-2)11(15(20)24-3)12(16(21)25-4)13(18(8)10)17(22)26-5/h6-7,12-13H,1-5H3. The van der Waals surface area contributed by atoms with Crippen LogP contribution in [0.4, 0.5) is 0 Å². The quantitative estimate of drug-likeness (QED) is 0.487. The molecule has 2 atom stereocenters. The molecule has 0 aliphatic carbocycles. The lowest BCUT2D eigenvalue weighted by Gasteiger charge is -2.31. The fourth-order valence-corrected chi connectivity index (χ4v) is 2.93. The Morgan fingerprint density at radius 3 is 2.04 bits per heavy atom. The van der Waals surface area contributed by atoms with Gasteiger partial charge in [0.1, 0.15) is 12.2 Å². The summed E-state index contributed by atoms with van der Waals surface area (Å²) < 4.78 is 24.5. The third kappa shape index (κ3) is 3.37. The maximum absolute atomic E-state index is 12.6. The van der Waals surface area contributed by atoms with Crippen LogP contribution in [-0.4, -0.2) is 63.3 Å². The molecule has 0 saturated heterocycles. The molecule has 0 fully saturated rings. The number of rotatable bonds is 4. The van der Waals surface area contributed by atoms with E-state index in [-0.39, 0.29) is 11.5 Å². The number of methoxy groups -OCH3 is 4. The summed E-state index contributed by atoms with van der Waals surface area (Å²) in [5.74, 6) is -5.21. The number of nitrogens with zero attached hydrogens (tertiary/aromatic N) is 1. The summed E-state index contributed by atoms with van der Waals surface area (Å²) in [5.41, 5.74) is -0.250. The molecule has 0 spiro atoms. The van der Waals surface area contributed by atoms with Crippen LogP contribution in [0.15, 0.2) is 35.1 Å². The van der Waals surface area contributed by atoms with Crippen LogP contribution in [0.5, 0.6) is 0 Å². The SMILES string of the molecule is COC(=O)C1=C(C(=O)OC)C(C(=O)OC)C(C(=O)OC)N2C(C)=COC2=C1. The Bertz CT molecular complexity index is 777. The molecule has 2 unspecified atom stereocenters. The fourth-order valence-electron chi connectivity index (χ4n) is 2.93. The van der Waals surface area contributed by atoms with E-state index in [0.717, 1.165) is 28.4 Å². The molecular formula is C17H19NO9. The molecule has 2 heterocycles. The van der Waals surface area contributed by atoms with Crippen molar-refractivity contribution in [3.05, 3.63) is 35.1 Å². The van der Waals surface area contributed by atoms with Gasteiger partial charge >= 0.3 is 23.9 Å². The van der Waals surface area contributed by atoms with Crippen molar-refractivity contribution in [1.82, 2.24) is 4.90 Å². The van der Waals surface area contributed by atoms with E-state index >= 15 is 0 Å². The van der Waals surface area contributed by atoms with Crippen molar-refractivity contribution in [3.63, 3.8) is 0 Å². The second kappa shape index (κ2) is 7.94. The largest absolute Gasteiger partial charge is 0.468 e. The predicted molar refractivity (Wildman–Crippen MR) is 87.1 cm³/mol. The number of hydrogen-bond acceptors (Lipinski definition) is 10. The van der Waals surface area contributed by atoms with Crippen LogP contribution >= 0.6 is 0 Å². The van der Waals surface area contributed by atoms with Crippen molar-refractivity contribution in [1.29, 1.82) is 0 Å². The van der Waals surface area contributed by atoms with Crippen LogP contribution in [0.25, 0.3) is 0 Å². The van der Waals surface area contributed by atoms with Gasteiger partial charge in [-0.25, -0.2) is 14.4 Å². The molecule has 2 rings (SSSR count). The highest BCUT2D eigenvalue weighted by atomic mass is 16.5. The lowest BCUT2D eigenvalue weighted by atomic mass is 9.87. The van der Waals surface area contributed by atoms with Crippen LogP contribution in [0.2, 0.25) is 0 Å². The second-order valence-corrected chi connectivity index (χ2v) is 5.51. The lowest BCUT2D eigenvalue weighted by Crippen LogP contribution is -2.48. The summed E-state index contributed by atoms with van der Waals surface area (Å²) >= 11 is 0. The van der Waals surface area contributed by atoms with Crippen LogP contribution < -0.4 is 0 Å². The minimum absolute atomic E-state index is 0.0381. The molecular weight excluding hydrogens is 362 g/mol. The van der Waals surface area contributed by atoms with E-state index in [9.17, 15) is 19.2 Å². The molecule has 2 aliphatic rings. The van der Waals surface area contributed by atoms with Crippen molar-refractivity contribution >= 4 is 23.9 Å². The van der Waals surface area contributed by atoms with Gasteiger partial charge in [0.2, 0.25) is 5.88 Å². The average molecular weight is 381 g/mol. The van der Waals surface area contributed by atoms with Gasteiger partial charge in [0, 0.05) is 6.08 Å². The van der Waals surface area contributed by atoms with E-state index in [1.807, 2.05) is 0 Å². The molecule has 2 aliphatic heterocycles.